The number of carboxylic acid groups (broad SMARTS) is 1. The second kappa shape index (κ2) is 7.83. The van der Waals surface area contributed by atoms with Gasteiger partial charge in [0.15, 0.2) is 11.5 Å². The van der Waals surface area contributed by atoms with Crippen LogP contribution in [0.15, 0.2) is 24.3 Å². The van der Waals surface area contributed by atoms with Crippen LogP contribution in [0.2, 0.25) is 0 Å². The second-order valence-electron chi connectivity index (χ2n) is 3.88. The molecule has 0 bridgehead atoms. The van der Waals surface area contributed by atoms with Crippen LogP contribution in [0.1, 0.15) is 18.9 Å². The molecule has 20 heavy (non-hydrogen) atoms. The number of carbonyl (C=O) groups is 2. The van der Waals surface area contributed by atoms with Crippen LogP contribution in [0.5, 0.6) is 11.5 Å². The smallest absolute Gasteiger partial charge is 0.328 e. The number of hydrogen-bond donors (Lipinski definition) is 2. The van der Waals surface area contributed by atoms with Crippen molar-refractivity contribution < 1.29 is 24.2 Å². The number of carboxylic acids is 1. The first kappa shape index (κ1) is 15.6. The van der Waals surface area contributed by atoms with Crippen molar-refractivity contribution in [3.8, 4) is 11.5 Å². The van der Waals surface area contributed by atoms with E-state index >= 15 is 0 Å². The predicted octanol–water partition coefficient (Wildman–Crippen LogP) is 1.44. The molecule has 3 N–H and O–H groups in total. The largest absolute Gasteiger partial charge is 0.490 e. The minimum absolute atomic E-state index is 0.117. The molecule has 108 valence electrons. The highest BCUT2D eigenvalue weighted by atomic mass is 16.5. The summed E-state index contributed by atoms with van der Waals surface area (Å²) < 4.78 is 10.8. The summed E-state index contributed by atoms with van der Waals surface area (Å²) in [5.41, 5.74) is 5.71. The molecule has 0 saturated heterocycles. The maximum Gasteiger partial charge on any atom is 0.328 e. The molecule has 6 nitrogen and oxygen atoms in total. The van der Waals surface area contributed by atoms with Crippen LogP contribution in [-0.2, 0) is 9.59 Å². The molecule has 0 saturated carbocycles. The molecule has 1 rings (SSSR count). The summed E-state index contributed by atoms with van der Waals surface area (Å²) >= 11 is 0. The van der Waals surface area contributed by atoms with E-state index in [9.17, 15) is 9.59 Å². The third-order valence-electron chi connectivity index (χ3n) is 2.29. The van der Waals surface area contributed by atoms with E-state index < -0.39 is 11.9 Å². The fraction of sp³-hybridized carbons (Fsp3) is 0.286. The van der Waals surface area contributed by atoms with E-state index in [-0.39, 0.29) is 13.0 Å². The number of benzene rings is 1. The minimum atomic E-state index is -1.02. The van der Waals surface area contributed by atoms with Gasteiger partial charge in [0.25, 0.3) is 0 Å². The molecular formula is C14H17NO5. The lowest BCUT2D eigenvalue weighted by atomic mass is 10.2. The van der Waals surface area contributed by atoms with E-state index in [1.165, 1.54) is 6.08 Å². The number of aliphatic carboxylic acids is 1. The summed E-state index contributed by atoms with van der Waals surface area (Å²) in [6.07, 6.45) is 2.61. The first-order valence-corrected chi connectivity index (χ1v) is 6.12. The van der Waals surface area contributed by atoms with E-state index in [0.29, 0.717) is 23.7 Å². The summed E-state index contributed by atoms with van der Waals surface area (Å²) in [4.78, 5) is 21.1. The highest BCUT2D eigenvalue weighted by Gasteiger charge is 2.06. The monoisotopic (exact) mass is 279 g/mol. The summed E-state index contributed by atoms with van der Waals surface area (Å²) in [5, 5.41) is 8.58. The van der Waals surface area contributed by atoms with Gasteiger partial charge in [-0.3, -0.25) is 4.79 Å². The first-order valence-electron chi connectivity index (χ1n) is 6.12. The SMILES string of the molecule is CCOc1cc(/C=C/C(=O)O)ccc1OCCC(N)=O. The fourth-order valence-electron chi connectivity index (χ4n) is 1.44. The maximum absolute atomic E-state index is 10.6. The minimum Gasteiger partial charge on any atom is -0.490 e. The lowest BCUT2D eigenvalue weighted by Gasteiger charge is -2.12. The first-order chi connectivity index (χ1) is 9.52. The molecule has 0 spiro atoms. The molecule has 0 aliphatic heterocycles. The van der Waals surface area contributed by atoms with Crippen LogP contribution in [0.4, 0.5) is 0 Å². The molecule has 1 aromatic carbocycles. The van der Waals surface area contributed by atoms with Crippen molar-refractivity contribution in [3.63, 3.8) is 0 Å². The molecule has 1 amide bonds. The fourth-order valence-corrected chi connectivity index (χ4v) is 1.44. The van der Waals surface area contributed by atoms with Gasteiger partial charge in [-0.05, 0) is 30.7 Å². The number of rotatable bonds is 8. The molecule has 0 heterocycles. The average molecular weight is 279 g/mol. The summed E-state index contributed by atoms with van der Waals surface area (Å²) in [7, 11) is 0. The Morgan fingerprint density at radius 3 is 2.65 bits per heavy atom. The number of amides is 1. The molecule has 0 atom stereocenters. The summed E-state index contributed by atoms with van der Waals surface area (Å²) in [6, 6.07) is 5.03. The summed E-state index contributed by atoms with van der Waals surface area (Å²) in [6.45, 7) is 2.44. The van der Waals surface area contributed by atoms with E-state index in [2.05, 4.69) is 0 Å². The predicted molar refractivity (Wildman–Crippen MR) is 73.6 cm³/mol. The molecule has 0 radical (unpaired) electrons. The Morgan fingerprint density at radius 2 is 2.05 bits per heavy atom. The van der Waals surface area contributed by atoms with Gasteiger partial charge in [0.05, 0.1) is 19.6 Å². The average Bonchev–Trinajstić information content (AvgIpc) is 2.38. The lowest BCUT2D eigenvalue weighted by Crippen LogP contribution is -2.14. The van der Waals surface area contributed by atoms with Gasteiger partial charge < -0.3 is 20.3 Å². The van der Waals surface area contributed by atoms with Crippen molar-refractivity contribution in [2.45, 2.75) is 13.3 Å². The van der Waals surface area contributed by atoms with Crippen molar-refractivity contribution in [1.82, 2.24) is 0 Å². The van der Waals surface area contributed by atoms with E-state index in [0.717, 1.165) is 6.08 Å². The van der Waals surface area contributed by atoms with Gasteiger partial charge >= 0.3 is 5.97 Å². The summed E-state index contributed by atoms with van der Waals surface area (Å²) in [5.74, 6) is -0.487. The van der Waals surface area contributed by atoms with Crippen LogP contribution in [0, 0.1) is 0 Å². The lowest BCUT2D eigenvalue weighted by molar-refractivity contribution is -0.131. The molecule has 0 unspecified atom stereocenters. The van der Waals surface area contributed by atoms with Gasteiger partial charge in [-0.25, -0.2) is 4.79 Å². The topological polar surface area (TPSA) is 98.8 Å². The highest BCUT2D eigenvalue weighted by Crippen LogP contribution is 2.29. The van der Waals surface area contributed by atoms with Gasteiger partial charge in [0, 0.05) is 6.08 Å². The quantitative estimate of drug-likeness (QED) is 0.701. The Hall–Kier alpha value is -2.50. The van der Waals surface area contributed by atoms with E-state index in [1.54, 1.807) is 18.2 Å². The van der Waals surface area contributed by atoms with Crippen molar-refractivity contribution in [3.05, 3.63) is 29.8 Å². The normalized spacial score (nSPS) is 10.4. The van der Waals surface area contributed by atoms with E-state index in [1.807, 2.05) is 6.92 Å². The van der Waals surface area contributed by atoms with Gasteiger partial charge in [0.2, 0.25) is 5.91 Å². The van der Waals surface area contributed by atoms with Gasteiger partial charge in [-0.15, -0.1) is 0 Å². The van der Waals surface area contributed by atoms with Crippen LogP contribution in [0.25, 0.3) is 6.08 Å². The number of nitrogens with two attached hydrogens (primary N) is 1. The molecular weight excluding hydrogens is 262 g/mol. The Balaban J connectivity index is 2.83. The molecule has 0 aromatic heterocycles. The molecule has 1 aromatic rings. The number of ether oxygens (including phenoxy) is 2. The maximum atomic E-state index is 10.6. The van der Waals surface area contributed by atoms with Crippen LogP contribution >= 0.6 is 0 Å². The molecule has 0 fully saturated rings. The van der Waals surface area contributed by atoms with Crippen molar-refractivity contribution in [1.29, 1.82) is 0 Å². The van der Waals surface area contributed by atoms with Crippen LogP contribution in [-0.4, -0.2) is 30.2 Å². The highest BCUT2D eigenvalue weighted by molar-refractivity contribution is 5.85. The Labute approximate surface area is 116 Å². The van der Waals surface area contributed by atoms with Gasteiger partial charge in [-0.2, -0.15) is 0 Å². The zero-order chi connectivity index (χ0) is 15.0. The molecule has 0 aliphatic carbocycles. The third-order valence-corrected chi connectivity index (χ3v) is 2.29. The van der Waals surface area contributed by atoms with Crippen molar-refractivity contribution in [2.24, 2.45) is 5.73 Å². The zero-order valence-electron chi connectivity index (χ0n) is 11.2. The Morgan fingerprint density at radius 1 is 1.30 bits per heavy atom. The van der Waals surface area contributed by atoms with Gasteiger partial charge in [-0.1, -0.05) is 6.07 Å². The number of hydrogen-bond acceptors (Lipinski definition) is 4. The second-order valence-corrected chi connectivity index (χ2v) is 3.88. The molecule has 6 heteroatoms. The number of carbonyl (C=O) groups excluding carboxylic acids is 1. The van der Waals surface area contributed by atoms with E-state index in [4.69, 9.17) is 20.3 Å². The third kappa shape index (κ3) is 5.43. The standard InChI is InChI=1S/C14H17NO5/c1-2-19-12-9-10(4-6-14(17)18)3-5-11(12)20-8-7-13(15)16/h3-6,9H,2,7-8H2,1H3,(H2,15,16)(H,17,18)/b6-4+. The van der Waals surface area contributed by atoms with Gasteiger partial charge in [0.1, 0.15) is 0 Å². The van der Waals surface area contributed by atoms with Crippen molar-refractivity contribution >= 4 is 18.0 Å². The molecule has 0 aliphatic rings. The van der Waals surface area contributed by atoms with Crippen molar-refractivity contribution in [2.75, 3.05) is 13.2 Å². The van der Waals surface area contributed by atoms with Crippen LogP contribution in [0.3, 0.4) is 0 Å². The zero-order valence-corrected chi connectivity index (χ0v) is 11.2. The Bertz CT molecular complexity index is 510. The van der Waals surface area contributed by atoms with Crippen LogP contribution < -0.4 is 15.2 Å². The number of primary amides is 1. The Kier molecular flexibility index (Phi) is 6.09.